The maximum Gasteiger partial charge on any atom is 0.283 e. The fraction of sp³-hybridized carbons (Fsp3) is 0.357. The molecule has 18 rings (SSSR count). The molecule has 6 aromatic carbocycles. The molecule has 6 aliphatic heterocycles. The summed E-state index contributed by atoms with van der Waals surface area (Å²) in [7, 11) is 12.1. The summed E-state index contributed by atoms with van der Waals surface area (Å²) in [5, 5.41) is 12.7. The molecule has 0 bridgehead atoms. The first-order chi connectivity index (χ1) is 63.6. The molecule has 12 heterocycles. The Morgan fingerprint density at radius 2 is 0.992 bits per heavy atom. The van der Waals surface area contributed by atoms with Crippen LogP contribution in [0.4, 0.5) is 57.7 Å². The summed E-state index contributed by atoms with van der Waals surface area (Å²) in [4.78, 5) is 142. The Hall–Kier alpha value is -14.0. The first-order valence-corrected chi connectivity index (χ1v) is 44.8. The number of aryl methyl sites for hydroxylation is 2. The molecular formula is C98H114N26O7. The highest BCUT2D eigenvalue weighted by atomic mass is 16.5. The van der Waals surface area contributed by atoms with Crippen molar-refractivity contribution in [1.82, 2.24) is 92.9 Å². The molecule has 6 saturated heterocycles. The minimum absolute atomic E-state index is 0.00127. The number of nitrogens with zero attached hydrogens (tertiary/aromatic N) is 22. The van der Waals surface area contributed by atoms with Gasteiger partial charge in [0.1, 0.15) is 33.7 Å². The van der Waals surface area contributed by atoms with E-state index in [4.69, 9.17) is 24.7 Å². The number of methoxy groups -OCH3 is 1. The van der Waals surface area contributed by atoms with E-state index in [2.05, 4.69) is 165 Å². The zero-order valence-electron chi connectivity index (χ0n) is 75.7. The molecule has 0 spiro atoms. The zero-order valence-corrected chi connectivity index (χ0v) is 75.7. The lowest BCUT2D eigenvalue weighted by molar-refractivity contribution is -0.127. The van der Waals surface area contributed by atoms with Crippen molar-refractivity contribution < 1.29 is 19.1 Å². The molecule has 6 aromatic heterocycles. The number of anilines is 10. The standard InChI is InChI=1S/C36H43N9O2.C33H32N8O2.C29H39N9O3/c1-4-32(46)44-17-14-29(24-44)45-34-30(39-33(35(45)47)26-8-6-5-7-9-26)23-37-36(40-34)38-27-10-11-31(25(2)22-27)43-15-12-28(13-16-43)42-20-18-41(3)19-21-42;1-4-29(42)35-24-11-8-12-26(20-24)41-31-27(37-30(32(41)43)23-9-6-5-7-10-23)21-34-33(38-31)36-25-13-14-28(22(2)19-25)40-17-15-39(3)16-18-40;1-34(2)11-5-6-26(39)37-12-9-21(10-13-37)38-27(40)20-30-24-19-31-29(33-28(24)38)32-23-8-7-22(18-25(23)41-4)36-16-14-35(3)15-17-36/h4-11,22-23,28-29H,1,12-21,24H2,2-3H3,(H,37,38,40);4-14,19-21H,1,15-18H2,2-3H3,(H,35,42)(H,34,36,38);5-8,18-21H,9-17H2,1-4H3,(H,31,32,33)/b;;6-5+/t29-;;/m0../s1. The molecule has 1 atom stereocenters. The molecule has 3 amide bonds. The van der Waals surface area contributed by atoms with E-state index < -0.39 is 0 Å². The summed E-state index contributed by atoms with van der Waals surface area (Å²) >= 11 is 0. The summed E-state index contributed by atoms with van der Waals surface area (Å²) in [6.07, 6.45) is 16.6. The smallest absolute Gasteiger partial charge is 0.283 e. The van der Waals surface area contributed by atoms with Crippen LogP contribution in [0.15, 0.2) is 216 Å². The maximum absolute atomic E-state index is 14.0. The molecular weight excluding hydrogens is 1650 g/mol. The predicted molar refractivity (Wildman–Crippen MR) is 518 cm³/mol. The lowest BCUT2D eigenvalue weighted by atomic mass is 10.0. The first-order valence-electron chi connectivity index (χ1n) is 44.8. The van der Waals surface area contributed by atoms with E-state index in [0.717, 1.165) is 112 Å². The number of fused-ring (bicyclic) bond motifs is 3. The third-order valence-electron chi connectivity index (χ3n) is 25.2. The van der Waals surface area contributed by atoms with E-state index >= 15 is 0 Å². The van der Waals surface area contributed by atoms with E-state index in [-0.39, 0.29) is 52.2 Å². The molecule has 12 aromatic rings. The van der Waals surface area contributed by atoms with Crippen LogP contribution in [0.1, 0.15) is 55.3 Å². The summed E-state index contributed by atoms with van der Waals surface area (Å²) < 4.78 is 10.6. The highest BCUT2D eigenvalue weighted by Gasteiger charge is 2.33. The molecule has 0 aliphatic carbocycles. The number of amides is 3. The molecule has 33 heteroatoms. The second kappa shape index (κ2) is 41.2. The SMILES string of the molecule is C=CC(=O)N1CC[C@H](n2c(=O)c(-c3ccccc3)nc3cnc(Nc4ccc(N5CCC(N6CCN(C)CC6)CC5)c(C)c4)nc32)C1.C=CC(=O)Nc1cccc(-n2c(=O)c(-c3ccccc3)nc3cnc(Nc4ccc(N5CCN(C)CC5)c(C)c4)nc32)c1.COc1cc(N2CCN(C)CC2)ccc1Nc1ncc2ncc(=O)n(C3CCN(C(=O)/C=C/CN(C)C)CC3)c2n1. The Morgan fingerprint density at radius 3 is 1.57 bits per heavy atom. The second-order valence-electron chi connectivity index (χ2n) is 34.4. The summed E-state index contributed by atoms with van der Waals surface area (Å²) in [6.45, 7) is 29.0. The van der Waals surface area contributed by atoms with E-state index in [0.29, 0.717) is 138 Å². The number of hydrogen-bond acceptors (Lipinski definition) is 27. The molecule has 0 unspecified atom stereocenters. The highest BCUT2D eigenvalue weighted by Crippen LogP contribution is 2.36. The molecule has 0 radical (unpaired) electrons. The van der Waals surface area contributed by atoms with Crippen LogP contribution < -0.4 is 57.4 Å². The largest absolute Gasteiger partial charge is 0.494 e. The van der Waals surface area contributed by atoms with Gasteiger partial charge < -0.3 is 70.1 Å². The number of carbonyl (C=O) groups excluding carboxylic acids is 3. The van der Waals surface area contributed by atoms with Gasteiger partial charge in [0, 0.05) is 194 Å². The van der Waals surface area contributed by atoms with Gasteiger partial charge in [0.25, 0.3) is 16.7 Å². The van der Waals surface area contributed by atoms with Gasteiger partial charge in [0.2, 0.25) is 35.6 Å². The van der Waals surface area contributed by atoms with Gasteiger partial charge in [0.05, 0.1) is 49.3 Å². The lowest BCUT2D eigenvalue weighted by Gasteiger charge is -2.43. The average molecular weight is 1770 g/mol. The van der Waals surface area contributed by atoms with Crippen molar-refractivity contribution in [3.63, 3.8) is 0 Å². The number of aromatic nitrogens is 12. The quantitative estimate of drug-likeness (QED) is 0.0458. The van der Waals surface area contributed by atoms with Crippen molar-refractivity contribution in [2.24, 2.45) is 0 Å². The molecule has 6 fully saturated rings. The van der Waals surface area contributed by atoms with E-state index in [1.165, 1.54) is 65.8 Å². The van der Waals surface area contributed by atoms with Crippen LogP contribution in [-0.4, -0.2) is 283 Å². The average Bonchev–Trinajstić information content (AvgIpc) is 0.974. The van der Waals surface area contributed by atoms with Crippen LogP contribution in [0.3, 0.4) is 0 Å². The van der Waals surface area contributed by atoms with Crippen molar-refractivity contribution in [1.29, 1.82) is 0 Å². The Morgan fingerprint density at radius 1 is 0.466 bits per heavy atom. The minimum atomic E-state index is -0.350. The van der Waals surface area contributed by atoms with Gasteiger partial charge >= 0.3 is 0 Å². The van der Waals surface area contributed by atoms with Gasteiger partial charge in [0.15, 0.2) is 16.9 Å². The minimum Gasteiger partial charge on any atom is -0.494 e. The number of piperidine rings is 2. The normalized spacial score (nSPS) is 16.9. The number of nitrogens with one attached hydrogen (secondary N) is 4. The Balaban J connectivity index is 0.000000144. The summed E-state index contributed by atoms with van der Waals surface area (Å²) in [5.41, 5.74) is 13.4. The number of hydrogen-bond donors (Lipinski definition) is 4. The molecule has 6 aliphatic rings. The second-order valence-corrected chi connectivity index (χ2v) is 34.4. The van der Waals surface area contributed by atoms with Gasteiger partial charge in [-0.05, 0) is 171 Å². The van der Waals surface area contributed by atoms with Gasteiger partial charge in [-0.2, -0.15) is 15.0 Å². The monoisotopic (exact) mass is 1770 g/mol. The summed E-state index contributed by atoms with van der Waals surface area (Å²) in [6, 6.07) is 44.7. The fourth-order valence-corrected chi connectivity index (χ4v) is 17.9. The van der Waals surface area contributed by atoms with Crippen LogP contribution in [-0.2, 0) is 14.4 Å². The Labute approximate surface area is 761 Å². The van der Waals surface area contributed by atoms with Crippen LogP contribution in [0.2, 0.25) is 0 Å². The van der Waals surface area contributed by atoms with Gasteiger partial charge in [-0.25, -0.2) is 29.9 Å². The number of ether oxygens (including phenoxy) is 1. The van der Waals surface area contributed by atoms with Crippen molar-refractivity contribution in [3.05, 3.63) is 244 Å². The number of likely N-dealkylation sites (N-methyl/N-ethyl adjacent to an activating group) is 4. The molecule has 33 nitrogen and oxygen atoms in total. The first kappa shape index (κ1) is 90.4. The van der Waals surface area contributed by atoms with Crippen LogP contribution >= 0.6 is 0 Å². The number of carbonyl (C=O) groups is 3. The van der Waals surface area contributed by atoms with Crippen LogP contribution in [0, 0.1) is 13.8 Å². The number of piperazine rings is 3. The van der Waals surface area contributed by atoms with Crippen molar-refractivity contribution in [2.75, 3.05) is 203 Å². The van der Waals surface area contributed by atoms with E-state index in [1.54, 1.807) is 70.1 Å². The van der Waals surface area contributed by atoms with Gasteiger partial charge in [-0.15, -0.1) is 0 Å². The fourth-order valence-electron chi connectivity index (χ4n) is 17.9. The number of benzene rings is 6. The van der Waals surface area contributed by atoms with Crippen molar-refractivity contribution >= 4 is 109 Å². The zero-order chi connectivity index (χ0) is 91.3. The topological polar surface area (TPSA) is 323 Å². The van der Waals surface area contributed by atoms with Crippen LogP contribution in [0.25, 0.3) is 61.7 Å². The highest BCUT2D eigenvalue weighted by molar-refractivity contribution is 5.99. The van der Waals surface area contributed by atoms with Crippen molar-refractivity contribution in [3.8, 4) is 34.0 Å². The Kier molecular flexibility index (Phi) is 28.4. The van der Waals surface area contributed by atoms with Crippen molar-refractivity contribution in [2.45, 2.75) is 64.1 Å². The molecule has 131 heavy (non-hydrogen) atoms. The van der Waals surface area contributed by atoms with Gasteiger partial charge in [-0.1, -0.05) is 86.0 Å². The lowest BCUT2D eigenvalue weighted by Crippen LogP contribution is -2.52. The number of rotatable bonds is 22. The predicted octanol–water partition coefficient (Wildman–Crippen LogP) is 10.8. The van der Waals surface area contributed by atoms with Gasteiger partial charge in [-0.3, -0.25) is 47.4 Å². The van der Waals surface area contributed by atoms with Crippen LogP contribution in [0.5, 0.6) is 5.75 Å². The summed E-state index contributed by atoms with van der Waals surface area (Å²) in [5.74, 6) is 1.26. The number of likely N-dealkylation sites (tertiary alicyclic amines) is 2. The third kappa shape index (κ3) is 21.3. The Bertz CT molecular complexity index is 6370. The van der Waals surface area contributed by atoms with E-state index in [1.807, 2.05) is 109 Å². The maximum atomic E-state index is 14.0. The van der Waals surface area contributed by atoms with E-state index in [9.17, 15) is 28.8 Å². The molecule has 0 saturated carbocycles. The molecule has 4 N–H and O–H groups in total. The molecule has 678 valence electrons. The third-order valence-corrected chi connectivity index (χ3v) is 25.2.